The van der Waals surface area contributed by atoms with Crippen molar-refractivity contribution in [3.05, 3.63) is 22.6 Å². The number of ether oxygens (including phenoxy) is 1. The summed E-state index contributed by atoms with van der Waals surface area (Å²) < 4.78 is 5.86. The molecular weight excluding hydrogens is 299 g/mol. The Morgan fingerprint density at radius 3 is 2.55 bits per heavy atom. The number of hydrogen-bond acceptors (Lipinski definition) is 5. The van der Waals surface area contributed by atoms with Gasteiger partial charge in [0.2, 0.25) is 5.28 Å². The maximum Gasteiger partial charge on any atom is 0.226 e. The molecule has 2 atom stereocenters. The van der Waals surface area contributed by atoms with Crippen molar-refractivity contribution in [1.29, 1.82) is 0 Å². The molecule has 2 unspecified atom stereocenters. The van der Waals surface area contributed by atoms with E-state index in [1.54, 1.807) is 6.07 Å². The van der Waals surface area contributed by atoms with E-state index < -0.39 is 0 Å². The van der Waals surface area contributed by atoms with Crippen LogP contribution >= 0.6 is 23.2 Å². The number of fused-ring (bicyclic) bond motifs is 3. The predicted molar refractivity (Wildman–Crippen MR) is 77.5 cm³/mol. The Morgan fingerprint density at radius 1 is 1.05 bits per heavy atom. The van der Waals surface area contributed by atoms with Gasteiger partial charge in [-0.05, 0) is 36.6 Å². The molecule has 7 heteroatoms. The summed E-state index contributed by atoms with van der Waals surface area (Å²) in [6.07, 6.45) is 2.81. The van der Waals surface area contributed by atoms with Gasteiger partial charge in [0.15, 0.2) is 5.65 Å². The summed E-state index contributed by atoms with van der Waals surface area (Å²) in [4.78, 5) is 15.0. The number of morpholine rings is 1. The number of anilines is 1. The van der Waals surface area contributed by atoms with E-state index >= 15 is 0 Å². The van der Waals surface area contributed by atoms with Gasteiger partial charge >= 0.3 is 0 Å². The van der Waals surface area contributed by atoms with Crippen LogP contribution in [-0.2, 0) is 4.74 Å². The zero-order chi connectivity index (χ0) is 13.7. The number of pyridine rings is 1. The van der Waals surface area contributed by atoms with Crippen molar-refractivity contribution < 1.29 is 4.74 Å². The van der Waals surface area contributed by atoms with Crippen molar-refractivity contribution >= 4 is 40.1 Å². The van der Waals surface area contributed by atoms with E-state index in [-0.39, 0.29) is 17.5 Å². The number of nitrogens with zero attached hydrogens (tertiary/aromatic N) is 4. The third-order valence-electron chi connectivity index (χ3n) is 3.82. The van der Waals surface area contributed by atoms with Gasteiger partial charge in [-0.1, -0.05) is 11.6 Å². The number of halogens is 2. The average molecular weight is 311 g/mol. The van der Waals surface area contributed by atoms with Crippen molar-refractivity contribution in [2.75, 3.05) is 18.0 Å². The van der Waals surface area contributed by atoms with Gasteiger partial charge in [0.05, 0.1) is 17.6 Å². The lowest BCUT2D eigenvalue weighted by Gasteiger charge is -2.33. The van der Waals surface area contributed by atoms with Gasteiger partial charge in [0, 0.05) is 13.1 Å². The van der Waals surface area contributed by atoms with Crippen LogP contribution in [0.4, 0.5) is 5.82 Å². The minimum absolute atomic E-state index is 0.195. The molecule has 5 nitrogen and oxygen atoms in total. The molecule has 104 valence electrons. The first kappa shape index (κ1) is 12.6. The maximum absolute atomic E-state index is 6.02. The molecule has 2 saturated heterocycles. The van der Waals surface area contributed by atoms with Crippen LogP contribution in [0.25, 0.3) is 11.0 Å². The normalized spacial score (nSPS) is 25.4. The summed E-state index contributed by atoms with van der Waals surface area (Å²) in [7, 11) is 0. The van der Waals surface area contributed by atoms with Gasteiger partial charge in [-0.25, -0.2) is 4.98 Å². The second-order valence-electron chi connectivity index (χ2n) is 5.18. The van der Waals surface area contributed by atoms with Gasteiger partial charge in [0.1, 0.15) is 11.0 Å². The molecule has 0 N–H and O–H groups in total. The average Bonchev–Trinajstić information content (AvgIpc) is 2.76. The second-order valence-corrected chi connectivity index (χ2v) is 5.91. The van der Waals surface area contributed by atoms with Gasteiger partial charge in [-0.3, -0.25) is 0 Å². The van der Waals surface area contributed by atoms with Crippen LogP contribution in [0.3, 0.4) is 0 Å². The number of aromatic nitrogens is 3. The Labute approximate surface area is 125 Å². The topological polar surface area (TPSA) is 51.1 Å². The molecular formula is C13H12Cl2N4O. The fraction of sp³-hybridized carbons (Fsp3) is 0.462. The van der Waals surface area contributed by atoms with Crippen molar-refractivity contribution in [3.8, 4) is 0 Å². The van der Waals surface area contributed by atoms with E-state index in [0.717, 1.165) is 37.1 Å². The molecule has 20 heavy (non-hydrogen) atoms. The van der Waals surface area contributed by atoms with Crippen LogP contribution < -0.4 is 4.90 Å². The first-order valence-corrected chi connectivity index (χ1v) is 7.35. The third-order valence-corrected chi connectivity index (χ3v) is 4.20. The van der Waals surface area contributed by atoms with E-state index in [1.165, 1.54) is 0 Å². The zero-order valence-corrected chi connectivity index (χ0v) is 12.1. The predicted octanol–water partition coefficient (Wildman–Crippen LogP) is 2.70. The monoisotopic (exact) mass is 310 g/mol. The fourth-order valence-corrected chi connectivity index (χ4v) is 3.28. The third kappa shape index (κ3) is 2.10. The van der Waals surface area contributed by atoms with Crippen LogP contribution in [0.5, 0.6) is 0 Å². The maximum atomic E-state index is 6.02. The molecule has 2 aromatic rings. The molecule has 2 fully saturated rings. The van der Waals surface area contributed by atoms with E-state index in [9.17, 15) is 0 Å². The van der Waals surface area contributed by atoms with Crippen LogP contribution in [0.2, 0.25) is 10.4 Å². The van der Waals surface area contributed by atoms with Crippen molar-refractivity contribution in [3.63, 3.8) is 0 Å². The zero-order valence-electron chi connectivity index (χ0n) is 10.6. The van der Waals surface area contributed by atoms with Crippen molar-refractivity contribution in [2.45, 2.75) is 25.0 Å². The lowest BCUT2D eigenvalue weighted by Crippen LogP contribution is -2.43. The van der Waals surface area contributed by atoms with Crippen LogP contribution in [0, 0.1) is 0 Å². The van der Waals surface area contributed by atoms with Crippen molar-refractivity contribution in [2.24, 2.45) is 0 Å². The standard InChI is InChI=1S/C13H12Cl2N4O/c14-10-4-3-9-11(16-10)17-13(15)18-12(9)19-5-7-1-2-8(6-19)20-7/h3-4,7-8H,1-2,5-6H2. The minimum atomic E-state index is 0.195. The summed E-state index contributed by atoms with van der Waals surface area (Å²) in [5, 5.41) is 1.47. The Bertz CT molecular complexity index is 663. The van der Waals surface area contributed by atoms with Crippen molar-refractivity contribution in [1.82, 2.24) is 15.0 Å². The largest absolute Gasteiger partial charge is 0.371 e. The highest BCUT2D eigenvalue weighted by Gasteiger charge is 2.35. The summed E-state index contributed by atoms with van der Waals surface area (Å²) >= 11 is 11.9. The number of hydrogen-bond donors (Lipinski definition) is 0. The molecule has 4 rings (SSSR count). The van der Waals surface area contributed by atoms with Gasteiger partial charge in [-0.15, -0.1) is 0 Å². The molecule has 2 aliphatic heterocycles. The van der Waals surface area contributed by atoms with Crippen LogP contribution in [0.15, 0.2) is 12.1 Å². The Morgan fingerprint density at radius 2 is 1.80 bits per heavy atom. The highest BCUT2D eigenvalue weighted by atomic mass is 35.5. The molecule has 2 aromatic heterocycles. The molecule has 0 aliphatic carbocycles. The Kier molecular flexibility index (Phi) is 2.94. The first-order valence-electron chi connectivity index (χ1n) is 6.59. The fourth-order valence-electron chi connectivity index (χ4n) is 2.97. The van der Waals surface area contributed by atoms with Gasteiger partial charge in [0.25, 0.3) is 0 Å². The molecule has 4 heterocycles. The highest BCUT2D eigenvalue weighted by Crippen LogP contribution is 2.32. The molecule has 0 spiro atoms. The lowest BCUT2D eigenvalue weighted by atomic mass is 10.2. The number of rotatable bonds is 1. The van der Waals surface area contributed by atoms with Gasteiger partial charge < -0.3 is 9.64 Å². The highest BCUT2D eigenvalue weighted by molar-refractivity contribution is 6.30. The van der Waals surface area contributed by atoms with E-state index in [1.807, 2.05) is 6.07 Å². The second kappa shape index (κ2) is 4.69. The smallest absolute Gasteiger partial charge is 0.226 e. The van der Waals surface area contributed by atoms with E-state index in [0.29, 0.717) is 10.8 Å². The molecule has 0 aromatic carbocycles. The molecule has 2 aliphatic rings. The SMILES string of the molecule is Clc1ccc2c(N3CC4CCC(C3)O4)nc(Cl)nc2n1. The van der Waals surface area contributed by atoms with Crippen LogP contribution in [-0.4, -0.2) is 40.2 Å². The Balaban J connectivity index is 1.82. The summed E-state index contributed by atoms with van der Waals surface area (Å²) in [5.74, 6) is 0.823. The molecule has 2 bridgehead atoms. The molecule has 0 saturated carbocycles. The first-order chi connectivity index (χ1) is 9.69. The summed E-state index contributed by atoms with van der Waals surface area (Å²) in [5.41, 5.74) is 0.534. The summed E-state index contributed by atoms with van der Waals surface area (Å²) in [6, 6.07) is 3.65. The quantitative estimate of drug-likeness (QED) is 0.599. The van der Waals surface area contributed by atoms with E-state index in [2.05, 4.69) is 19.9 Å². The Hall–Kier alpha value is -1.17. The van der Waals surface area contributed by atoms with E-state index in [4.69, 9.17) is 27.9 Å². The molecule has 0 amide bonds. The molecule has 0 radical (unpaired) electrons. The lowest BCUT2D eigenvalue weighted by molar-refractivity contribution is 0.0303. The van der Waals surface area contributed by atoms with Gasteiger partial charge in [-0.2, -0.15) is 9.97 Å². The van der Waals surface area contributed by atoms with Crippen LogP contribution in [0.1, 0.15) is 12.8 Å². The minimum Gasteiger partial charge on any atom is -0.371 e. The summed E-state index contributed by atoms with van der Waals surface area (Å²) in [6.45, 7) is 1.67.